The van der Waals surface area contributed by atoms with Crippen molar-refractivity contribution in [2.24, 2.45) is 0 Å². The summed E-state index contributed by atoms with van der Waals surface area (Å²) in [5, 5.41) is 13.3. The highest BCUT2D eigenvalue weighted by Gasteiger charge is 2.18. The van der Waals surface area contributed by atoms with Gasteiger partial charge in [0, 0.05) is 28.7 Å². The minimum absolute atomic E-state index is 0.0856. The number of carbonyl (C=O) groups excluding carboxylic acids is 1. The van der Waals surface area contributed by atoms with Gasteiger partial charge in [0.15, 0.2) is 6.10 Å². The first-order valence-corrected chi connectivity index (χ1v) is 13.3. The number of carboxylic acids is 1. The van der Waals surface area contributed by atoms with Crippen LogP contribution in [0.2, 0.25) is 0 Å². The van der Waals surface area contributed by atoms with Crippen LogP contribution in [0.5, 0.6) is 5.75 Å². The average Bonchev–Trinajstić information content (AvgIpc) is 3.12. The number of carbonyl (C=O) groups is 2. The number of amides is 1. The van der Waals surface area contributed by atoms with Gasteiger partial charge in [-0.2, -0.15) is 0 Å². The van der Waals surface area contributed by atoms with E-state index >= 15 is 0 Å². The van der Waals surface area contributed by atoms with E-state index in [-0.39, 0.29) is 17.4 Å². The number of fused-ring (bicyclic) bond motifs is 1. The number of nitrogens with one attached hydrogen (secondary N) is 1. The van der Waals surface area contributed by atoms with Crippen molar-refractivity contribution >= 4 is 22.8 Å². The summed E-state index contributed by atoms with van der Waals surface area (Å²) in [6, 6.07) is 21.7. The summed E-state index contributed by atoms with van der Waals surface area (Å²) in [4.78, 5) is 24.4. The molecule has 1 amide bonds. The molecule has 0 saturated heterocycles. The van der Waals surface area contributed by atoms with E-state index in [4.69, 9.17) is 9.84 Å². The van der Waals surface area contributed by atoms with Gasteiger partial charge in [0.2, 0.25) is 0 Å². The molecule has 0 spiro atoms. The summed E-state index contributed by atoms with van der Waals surface area (Å²) < 4.78 is 7.76. The van der Waals surface area contributed by atoms with Crippen molar-refractivity contribution in [1.82, 2.24) is 9.88 Å². The zero-order chi connectivity index (χ0) is 28.5. The Bertz CT molecular complexity index is 1510. The van der Waals surface area contributed by atoms with E-state index in [1.54, 1.807) is 6.07 Å². The lowest BCUT2D eigenvalue weighted by atomic mass is 9.86. The third-order valence-corrected chi connectivity index (χ3v) is 7.43. The van der Waals surface area contributed by atoms with Gasteiger partial charge in [0.25, 0.3) is 5.91 Å². The lowest BCUT2D eigenvalue weighted by molar-refractivity contribution is -0.144. The van der Waals surface area contributed by atoms with Gasteiger partial charge in [0.1, 0.15) is 5.75 Å². The molecule has 0 aliphatic rings. The van der Waals surface area contributed by atoms with Gasteiger partial charge < -0.3 is 19.7 Å². The predicted octanol–water partition coefficient (Wildman–Crippen LogP) is 6.95. The number of aromatic nitrogens is 1. The van der Waals surface area contributed by atoms with Crippen molar-refractivity contribution < 1.29 is 19.4 Å². The summed E-state index contributed by atoms with van der Waals surface area (Å²) >= 11 is 0. The summed E-state index contributed by atoms with van der Waals surface area (Å²) in [6.45, 7) is 14.8. The normalized spacial score (nSPS) is 13.2. The summed E-state index contributed by atoms with van der Waals surface area (Å²) in [6.07, 6.45) is -0.924. The fourth-order valence-electron chi connectivity index (χ4n) is 4.78. The van der Waals surface area contributed by atoms with Crippen LogP contribution in [0, 0.1) is 13.8 Å². The Morgan fingerprint density at radius 2 is 1.67 bits per heavy atom. The number of aliphatic carboxylic acids is 1. The van der Waals surface area contributed by atoms with Crippen LogP contribution in [0.4, 0.5) is 0 Å². The second-order valence-electron chi connectivity index (χ2n) is 11.3. The van der Waals surface area contributed by atoms with Crippen LogP contribution >= 0.6 is 0 Å². The highest BCUT2D eigenvalue weighted by Crippen LogP contribution is 2.29. The Kier molecular flexibility index (Phi) is 7.86. The highest BCUT2D eigenvalue weighted by molar-refractivity contribution is 5.99. The maximum atomic E-state index is 13.2. The van der Waals surface area contributed by atoms with Gasteiger partial charge in [-0.15, -0.1) is 0 Å². The van der Waals surface area contributed by atoms with Crippen LogP contribution in [0.1, 0.15) is 79.0 Å². The van der Waals surface area contributed by atoms with Gasteiger partial charge in [0.05, 0.1) is 6.04 Å². The Labute approximate surface area is 230 Å². The largest absolute Gasteiger partial charge is 0.479 e. The number of carboxylic acid groups (broad SMARTS) is 1. The quantitative estimate of drug-likeness (QED) is 0.260. The molecule has 0 aliphatic carbocycles. The summed E-state index contributed by atoms with van der Waals surface area (Å²) in [7, 11) is 0. The predicted molar refractivity (Wildman–Crippen MR) is 156 cm³/mol. The fraction of sp³-hybridized carbons (Fsp3) is 0.333. The van der Waals surface area contributed by atoms with E-state index in [1.165, 1.54) is 12.5 Å². The Hall–Kier alpha value is -4.06. The molecule has 0 radical (unpaired) electrons. The fourth-order valence-corrected chi connectivity index (χ4v) is 4.78. The van der Waals surface area contributed by atoms with Crippen molar-refractivity contribution in [1.29, 1.82) is 0 Å². The van der Waals surface area contributed by atoms with Gasteiger partial charge in [-0.25, -0.2) is 4.79 Å². The SMILES string of the molecule is Cc1c(C)n(Cc2cccc(O[C@@H](C)C(=O)O)c2)c2ccc(C(=O)N[C@@H](C)c3ccc(C(C)(C)C)cc3)cc12. The van der Waals surface area contributed by atoms with Gasteiger partial charge in [-0.05, 0) is 85.7 Å². The van der Waals surface area contributed by atoms with Crippen LogP contribution in [0.25, 0.3) is 10.9 Å². The smallest absolute Gasteiger partial charge is 0.344 e. The summed E-state index contributed by atoms with van der Waals surface area (Å²) in [5.74, 6) is -0.586. The van der Waals surface area contributed by atoms with E-state index in [9.17, 15) is 9.59 Å². The average molecular weight is 527 g/mol. The molecular formula is C33H38N2O4. The van der Waals surface area contributed by atoms with Crippen LogP contribution < -0.4 is 10.1 Å². The molecule has 6 heteroatoms. The Morgan fingerprint density at radius 1 is 0.974 bits per heavy atom. The molecular weight excluding hydrogens is 488 g/mol. The molecule has 2 N–H and O–H groups in total. The standard InChI is InChI=1S/C33H38N2O4/c1-20-22(3)35(19-24-9-8-10-28(17-24)39-23(4)32(37)38)30-16-13-26(18-29(20)30)31(36)34-21(2)25-11-14-27(15-12-25)33(5,6)7/h8-18,21,23H,19H2,1-7H3,(H,34,36)(H,37,38)/t21-,23-/m0/s1. The van der Waals surface area contributed by atoms with Gasteiger partial charge >= 0.3 is 5.97 Å². The Morgan fingerprint density at radius 3 is 2.31 bits per heavy atom. The van der Waals surface area contributed by atoms with Crippen molar-refractivity contribution in [3.63, 3.8) is 0 Å². The molecule has 0 saturated carbocycles. The molecule has 0 bridgehead atoms. The molecule has 2 atom stereocenters. The second-order valence-corrected chi connectivity index (χ2v) is 11.3. The molecule has 4 aromatic rings. The lowest BCUT2D eigenvalue weighted by Gasteiger charge is -2.21. The topological polar surface area (TPSA) is 80.6 Å². The maximum absolute atomic E-state index is 13.2. The monoisotopic (exact) mass is 526 g/mol. The van der Waals surface area contributed by atoms with Gasteiger partial charge in [-0.3, -0.25) is 4.79 Å². The third-order valence-electron chi connectivity index (χ3n) is 7.43. The van der Waals surface area contributed by atoms with Crippen molar-refractivity contribution in [2.75, 3.05) is 0 Å². The van der Waals surface area contributed by atoms with E-state index in [0.29, 0.717) is 17.9 Å². The van der Waals surface area contributed by atoms with Crippen LogP contribution in [-0.2, 0) is 16.8 Å². The van der Waals surface area contributed by atoms with Crippen molar-refractivity contribution in [3.8, 4) is 5.75 Å². The number of aryl methyl sites for hydroxylation is 1. The molecule has 0 fully saturated rings. The zero-order valence-electron chi connectivity index (χ0n) is 23.8. The van der Waals surface area contributed by atoms with E-state index in [2.05, 4.69) is 68.8 Å². The number of ether oxygens (including phenoxy) is 1. The van der Waals surface area contributed by atoms with Crippen molar-refractivity contribution in [3.05, 3.63) is 100 Å². The maximum Gasteiger partial charge on any atom is 0.344 e. The molecule has 6 nitrogen and oxygen atoms in total. The molecule has 39 heavy (non-hydrogen) atoms. The molecule has 3 aromatic carbocycles. The first-order chi connectivity index (χ1) is 18.3. The summed E-state index contributed by atoms with van der Waals surface area (Å²) in [5.41, 5.74) is 7.31. The van der Waals surface area contributed by atoms with E-state index in [1.807, 2.05) is 43.3 Å². The van der Waals surface area contributed by atoms with Crippen molar-refractivity contribution in [2.45, 2.75) is 72.6 Å². The molecule has 204 valence electrons. The van der Waals surface area contributed by atoms with E-state index in [0.717, 1.165) is 33.3 Å². The number of benzene rings is 3. The zero-order valence-corrected chi connectivity index (χ0v) is 23.8. The number of nitrogens with zero attached hydrogens (tertiary/aromatic N) is 1. The first-order valence-electron chi connectivity index (χ1n) is 13.3. The molecule has 0 aliphatic heterocycles. The molecule has 4 rings (SSSR count). The van der Waals surface area contributed by atoms with Gasteiger partial charge in [-0.1, -0.05) is 57.2 Å². The molecule has 1 heterocycles. The number of hydrogen-bond acceptors (Lipinski definition) is 3. The molecule has 0 unspecified atom stereocenters. The van der Waals surface area contributed by atoms with Crippen LogP contribution in [0.15, 0.2) is 66.7 Å². The second kappa shape index (κ2) is 11.0. The minimum Gasteiger partial charge on any atom is -0.479 e. The van der Waals surface area contributed by atoms with E-state index < -0.39 is 12.1 Å². The van der Waals surface area contributed by atoms with Crippen LogP contribution in [0.3, 0.4) is 0 Å². The van der Waals surface area contributed by atoms with Crippen LogP contribution in [-0.4, -0.2) is 27.7 Å². The highest BCUT2D eigenvalue weighted by atomic mass is 16.5. The Balaban J connectivity index is 1.54. The minimum atomic E-state index is -1.00. The lowest BCUT2D eigenvalue weighted by Crippen LogP contribution is -2.26. The molecule has 1 aromatic heterocycles. The third kappa shape index (κ3) is 6.17. The number of hydrogen-bond donors (Lipinski definition) is 2. The first kappa shape index (κ1) is 28.0. The number of rotatable bonds is 8.